The maximum Gasteiger partial charge on any atom is 0.258 e. The molecule has 1 aromatic rings. The number of aromatic nitrogens is 2. The van der Waals surface area contributed by atoms with Crippen LogP contribution in [0.4, 0.5) is 0 Å². The molecule has 0 spiro atoms. The van der Waals surface area contributed by atoms with Crippen LogP contribution in [-0.2, 0) is 4.79 Å². The van der Waals surface area contributed by atoms with E-state index < -0.39 is 11.1 Å². The topological polar surface area (TPSA) is 105 Å². The molecule has 0 saturated heterocycles. The number of ether oxygens (including phenoxy) is 1. The van der Waals surface area contributed by atoms with Gasteiger partial charge in [0, 0.05) is 18.2 Å². The van der Waals surface area contributed by atoms with Gasteiger partial charge in [-0.3, -0.25) is 9.59 Å². The van der Waals surface area contributed by atoms with Crippen molar-refractivity contribution in [3.8, 4) is 5.88 Å². The van der Waals surface area contributed by atoms with Gasteiger partial charge in [-0.05, 0) is 88.5 Å². The first-order valence-electron chi connectivity index (χ1n) is 14.3. The van der Waals surface area contributed by atoms with E-state index in [-0.39, 0.29) is 29.7 Å². The third-order valence-electron chi connectivity index (χ3n) is 8.89. The van der Waals surface area contributed by atoms with Gasteiger partial charge < -0.3 is 20.5 Å². The second-order valence-corrected chi connectivity index (χ2v) is 13.2. The van der Waals surface area contributed by atoms with Gasteiger partial charge in [0.1, 0.15) is 5.56 Å². The van der Waals surface area contributed by atoms with Gasteiger partial charge in [0.05, 0.1) is 23.9 Å². The molecule has 2 atom stereocenters. The molecule has 8 heteroatoms. The van der Waals surface area contributed by atoms with E-state index in [0.717, 1.165) is 57.8 Å². The fourth-order valence-electron chi connectivity index (χ4n) is 7.35. The minimum Gasteiger partial charge on any atom is -0.477 e. The van der Waals surface area contributed by atoms with Crippen molar-refractivity contribution in [1.82, 2.24) is 20.4 Å². The van der Waals surface area contributed by atoms with E-state index in [9.17, 15) is 14.7 Å². The zero-order chi connectivity index (χ0) is 26.4. The highest BCUT2D eigenvalue weighted by Gasteiger charge is 2.55. The van der Waals surface area contributed by atoms with Gasteiger partial charge >= 0.3 is 0 Å². The zero-order valence-electron chi connectivity index (χ0n) is 22.8. The van der Waals surface area contributed by atoms with Crippen molar-refractivity contribution in [3.05, 3.63) is 17.8 Å². The molecular weight excluding hydrogens is 468 g/mol. The van der Waals surface area contributed by atoms with Gasteiger partial charge in [0.25, 0.3) is 5.91 Å². The molecule has 5 fully saturated rings. The quantitative estimate of drug-likeness (QED) is 0.461. The Hall–Kier alpha value is -2.35. The molecule has 0 radical (unpaired) electrons. The van der Waals surface area contributed by atoms with Crippen LogP contribution in [0.5, 0.6) is 5.88 Å². The van der Waals surface area contributed by atoms with Crippen molar-refractivity contribution in [1.29, 1.82) is 0 Å². The van der Waals surface area contributed by atoms with Gasteiger partial charge in [-0.15, -0.1) is 0 Å². The molecule has 5 saturated carbocycles. The summed E-state index contributed by atoms with van der Waals surface area (Å²) in [4.78, 5) is 26.2. The molecular formula is C29H44N4O4. The van der Waals surface area contributed by atoms with E-state index in [1.165, 1.54) is 0 Å². The summed E-state index contributed by atoms with van der Waals surface area (Å²) in [6.45, 7) is 8.52. The van der Waals surface area contributed by atoms with Crippen LogP contribution in [-0.4, -0.2) is 50.5 Å². The van der Waals surface area contributed by atoms with E-state index in [0.29, 0.717) is 35.8 Å². The lowest BCUT2D eigenvalue weighted by Gasteiger charge is -2.58. The number of carbonyl (C=O) groups excluding carboxylic acids is 2. The molecule has 1 heterocycles. The van der Waals surface area contributed by atoms with Crippen LogP contribution < -0.4 is 15.4 Å². The van der Waals surface area contributed by atoms with Gasteiger partial charge in [-0.2, -0.15) is 5.10 Å². The summed E-state index contributed by atoms with van der Waals surface area (Å²) in [5, 5.41) is 21.8. The van der Waals surface area contributed by atoms with Crippen molar-refractivity contribution in [2.45, 2.75) is 103 Å². The Morgan fingerprint density at radius 3 is 2.51 bits per heavy atom. The van der Waals surface area contributed by atoms with Gasteiger partial charge in [-0.1, -0.05) is 26.7 Å². The van der Waals surface area contributed by atoms with Crippen LogP contribution in [0.1, 0.15) is 95.8 Å². The lowest BCUT2D eigenvalue weighted by atomic mass is 9.52. The predicted molar refractivity (Wildman–Crippen MR) is 142 cm³/mol. The van der Waals surface area contributed by atoms with Crippen LogP contribution >= 0.6 is 0 Å². The minimum atomic E-state index is -0.565. The third-order valence-corrected chi connectivity index (χ3v) is 8.89. The monoisotopic (exact) mass is 512 g/mol. The van der Waals surface area contributed by atoms with Crippen LogP contribution in [0.15, 0.2) is 12.3 Å². The first kappa shape index (κ1) is 26.3. The van der Waals surface area contributed by atoms with Crippen molar-refractivity contribution in [2.75, 3.05) is 6.61 Å². The van der Waals surface area contributed by atoms with Gasteiger partial charge in [0.2, 0.25) is 11.8 Å². The minimum absolute atomic E-state index is 0.0888. The molecule has 0 aliphatic heterocycles. The normalized spacial score (nSPS) is 31.4. The number of hydrogen-bond acceptors (Lipinski definition) is 5. The predicted octanol–water partition coefficient (Wildman–Crippen LogP) is 4.14. The van der Waals surface area contributed by atoms with E-state index in [1.807, 2.05) is 19.9 Å². The Balaban J connectivity index is 1.30. The standard InChI is InChI=1S/C29H44N4O4/c1-18(2)17-37-27-23(26(35)31-24-21-11-19-12-22(24)15-29(36,13-19)14-21)16-30-33(27)10-9-28(3,4)32-25(34)20-7-5-6-8-20/h9-10,16,18-22,24,36H,5-8,11-15,17H2,1-4H3,(H,31,35)(H,32,34)/b10-9+. The summed E-state index contributed by atoms with van der Waals surface area (Å²) in [7, 11) is 0. The van der Waals surface area contributed by atoms with Gasteiger partial charge in [0.15, 0.2) is 0 Å². The Morgan fingerprint density at radius 2 is 1.89 bits per heavy atom. The van der Waals surface area contributed by atoms with Crippen LogP contribution in [0.25, 0.3) is 6.20 Å². The van der Waals surface area contributed by atoms with E-state index in [1.54, 1.807) is 17.1 Å². The Labute approximate surface area is 220 Å². The number of carbonyl (C=O) groups is 2. The zero-order valence-corrected chi connectivity index (χ0v) is 22.8. The number of nitrogens with one attached hydrogen (secondary N) is 2. The molecule has 8 nitrogen and oxygen atoms in total. The second-order valence-electron chi connectivity index (χ2n) is 13.2. The molecule has 2 unspecified atom stereocenters. The van der Waals surface area contributed by atoms with Crippen molar-refractivity contribution >= 4 is 18.0 Å². The molecule has 6 rings (SSSR count). The number of nitrogens with zero attached hydrogens (tertiary/aromatic N) is 2. The first-order valence-corrected chi connectivity index (χ1v) is 14.3. The molecule has 204 valence electrons. The lowest BCUT2D eigenvalue weighted by Crippen LogP contribution is -2.61. The molecule has 0 aromatic carbocycles. The fraction of sp³-hybridized carbons (Fsp3) is 0.759. The van der Waals surface area contributed by atoms with E-state index in [4.69, 9.17) is 4.74 Å². The molecule has 3 N–H and O–H groups in total. The van der Waals surface area contributed by atoms with Crippen LogP contribution in [0.3, 0.4) is 0 Å². The number of hydrogen-bond donors (Lipinski definition) is 3. The van der Waals surface area contributed by atoms with Crippen LogP contribution in [0.2, 0.25) is 0 Å². The summed E-state index contributed by atoms with van der Waals surface area (Å²) in [6.07, 6.45) is 14.1. The summed E-state index contributed by atoms with van der Waals surface area (Å²) >= 11 is 0. The van der Waals surface area contributed by atoms with Crippen molar-refractivity contribution in [3.63, 3.8) is 0 Å². The molecule has 4 bridgehead atoms. The molecule has 5 aliphatic carbocycles. The molecule has 5 aliphatic rings. The lowest BCUT2D eigenvalue weighted by molar-refractivity contribution is -0.137. The number of aliphatic hydroxyl groups is 1. The first-order chi connectivity index (χ1) is 17.5. The van der Waals surface area contributed by atoms with Gasteiger partial charge in [-0.25, -0.2) is 4.68 Å². The largest absolute Gasteiger partial charge is 0.477 e. The Morgan fingerprint density at radius 1 is 1.22 bits per heavy atom. The second kappa shape index (κ2) is 10.1. The molecule has 37 heavy (non-hydrogen) atoms. The molecule has 2 amide bonds. The number of amides is 2. The number of rotatable bonds is 9. The Kier molecular flexibility index (Phi) is 7.16. The summed E-state index contributed by atoms with van der Waals surface area (Å²) in [6, 6.07) is 0.0888. The average Bonchev–Trinajstić information content (AvgIpc) is 3.47. The van der Waals surface area contributed by atoms with Crippen molar-refractivity contribution in [2.24, 2.45) is 29.6 Å². The van der Waals surface area contributed by atoms with E-state index in [2.05, 4.69) is 29.6 Å². The Bertz CT molecular complexity index is 1020. The van der Waals surface area contributed by atoms with E-state index >= 15 is 0 Å². The maximum absolute atomic E-state index is 13.5. The SMILES string of the molecule is CC(C)COc1c(C(=O)NC2C3CC4CC2CC(O)(C4)C3)cnn1/C=C/C(C)(C)NC(=O)C1CCCC1. The highest BCUT2D eigenvalue weighted by molar-refractivity contribution is 5.96. The van der Waals surface area contributed by atoms with Crippen molar-refractivity contribution < 1.29 is 19.4 Å². The average molecular weight is 513 g/mol. The third kappa shape index (κ3) is 5.74. The molecule has 1 aromatic heterocycles. The maximum atomic E-state index is 13.5. The summed E-state index contributed by atoms with van der Waals surface area (Å²) in [5.74, 6) is 1.99. The summed E-state index contributed by atoms with van der Waals surface area (Å²) < 4.78 is 7.70. The smallest absolute Gasteiger partial charge is 0.258 e. The summed E-state index contributed by atoms with van der Waals surface area (Å²) in [5.41, 5.74) is -0.672. The fourth-order valence-corrected chi connectivity index (χ4v) is 7.35. The van der Waals surface area contributed by atoms with Crippen LogP contribution in [0, 0.1) is 29.6 Å². The highest BCUT2D eigenvalue weighted by atomic mass is 16.5. The highest BCUT2D eigenvalue weighted by Crippen LogP contribution is 2.55.